The van der Waals surface area contributed by atoms with E-state index in [2.05, 4.69) is 19.1 Å². The molecule has 0 fully saturated rings. The van der Waals surface area contributed by atoms with Gasteiger partial charge in [0.05, 0.1) is 5.25 Å². The van der Waals surface area contributed by atoms with Crippen LogP contribution >= 0.6 is 0 Å². The molecule has 0 aliphatic rings. The fourth-order valence-electron chi connectivity index (χ4n) is 1.60. The van der Waals surface area contributed by atoms with Crippen LogP contribution in [-0.2, 0) is 10.0 Å². The van der Waals surface area contributed by atoms with E-state index in [1.807, 2.05) is 18.2 Å². The van der Waals surface area contributed by atoms with Crippen molar-refractivity contribution in [2.75, 3.05) is 0 Å². The third-order valence-corrected chi connectivity index (χ3v) is 4.29. The maximum Gasteiger partial charge on any atom is 0.211 e. The molecule has 0 aliphatic carbocycles. The van der Waals surface area contributed by atoms with Crippen LogP contribution in [0.3, 0.4) is 0 Å². The van der Waals surface area contributed by atoms with Gasteiger partial charge in [0.15, 0.2) is 0 Å². The number of hydrogen-bond donors (Lipinski definition) is 1. The number of primary sulfonamides is 1. The van der Waals surface area contributed by atoms with E-state index < -0.39 is 15.3 Å². The smallest absolute Gasteiger partial charge is 0.211 e. The van der Waals surface area contributed by atoms with Crippen LogP contribution in [0.1, 0.15) is 38.2 Å². The molecule has 2 unspecified atom stereocenters. The first-order valence-corrected chi connectivity index (χ1v) is 7.08. The van der Waals surface area contributed by atoms with Crippen molar-refractivity contribution in [3.8, 4) is 0 Å². The van der Waals surface area contributed by atoms with Gasteiger partial charge in [-0.15, -0.1) is 0 Å². The molecule has 2 N–H and O–H groups in total. The van der Waals surface area contributed by atoms with Gasteiger partial charge >= 0.3 is 0 Å². The first kappa shape index (κ1) is 13.2. The molecule has 4 heteroatoms. The van der Waals surface area contributed by atoms with Crippen LogP contribution in [0.15, 0.2) is 30.3 Å². The summed E-state index contributed by atoms with van der Waals surface area (Å²) in [5.41, 5.74) is 1.24. The number of nitrogens with two attached hydrogens (primary N) is 1. The lowest BCUT2D eigenvalue weighted by Crippen LogP contribution is -2.25. The van der Waals surface area contributed by atoms with Crippen LogP contribution in [0.4, 0.5) is 0 Å². The van der Waals surface area contributed by atoms with Crippen LogP contribution in [0, 0.1) is 0 Å². The fourth-order valence-corrected chi connectivity index (χ4v) is 2.06. The molecule has 0 saturated carbocycles. The quantitative estimate of drug-likeness (QED) is 0.859. The molecule has 1 aromatic carbocycles. The fraction of sp³-hybridized carbons (Fsp3) is 0.500. The summed E-state index contributed by atoms with van der Waals surface area (Å²) in [6.07, 6.45) is 1.44. The minimum absolute atomic E-state index is 0.366. The third kappa shape index (κ3) is 3.94. The van der Waals surface area contributed by atoms with Crippen LogP contribution in [0.5, 0.6) is 0 Å². The second-order valence-corrected chi connectivity index (χ2v) is 6.27. The Morgan fingerprint density at radius 2 is 1.69 bits per heavy atom. The standard InChI is InChI=1S/C12H19NO2S/c1-10(12-6-4-3-5-7-12)8-9-11(2)16(13,14)15/h3-7,10-11H,8-9H2,1-2H3,(H2,13,14,15). The molecule has 0 radical (unpaired) electrons. The summed E-state index contributed by atoms with van der Waals surface area (Å²) < 4.78 is 22.1. The van der Waals surface area contributed by atoms with Crippen LogP contribution in [0.25, 0.3) is 0 Å². The van der Waals surface area contributed by atoms with Crippen LogP contribution < -0.4 is 5.14 Å². The van der Waals surface area contributed by atoms with Crippen molar-refractivity contribution in [3.63, 3.8) is 0 Å². The van der Waals surface area contributed by atoms with Gasteiger partial charge in [-0.05, 0) is 31.2 Å². The molecule has 2 atom stereocenters. The molecule has 0 aliphatic heterocycles. The highest BCUT2D eigenvalue weighted by molar-refractivity contribution is 7.89. The lowest BCUT2D eigenvalue weighted by molar-refractivity contribution is 0.562. The monoisotopic (exact) mass is 241 g/mol. The molecule has 0 aromatic heterocycles. The first-order valence-electron chi connectivity index (χ1n) is 5.48. The van der Waals surface area contributed by atoms with E-state index in [0.29, 0.717) is 12.3 Å². The Kier molecular flexibility index (Phi) is 4.50. The van der Waals surface area contributed by atoms with Crippen LogP contribution in [-0.4, -0.2) is 13.7 Å². The molecule has 1 aromatic rings. The van der Waals surface area contributed by atoms with Gasteiger partial charge in [-0.25, -0.2) is 13.6 Å². The molecule has 90 valence electrons. The Balaban J connectivity index is 2.51. The Morgan fingerprint density at radius 3 is 2.19 bits per heavy atom. The highest BCUT2D eigenvalue weighted by Gasteiger charge is 2.16. The Labute approximate surface area is 97.7 Å². The first-order chi connectivity index (χ1) is 7.41. The van der Waals surface area contributed by atoms with E-state index in [1.54, 1.807) is 6.92 Å². The lowest BCUT2D eigenvalue weighted by atomic mass is 9.96. The minimum Gasteiger partial charge on any atom is -0.228 e. The van der Waals surface area contributed by atoms with Crippen molar-refractivity contribution in [1.29, 1.82) is 0 Å². The maximum absolute atomic E-state index is 11.1. The van der Waals surface area contributed by atoms with Gasteiger partial charge in [0, 0.05) is 0 Å². The van der Waals surface area contributed by atoms with Gasteiger partial charge in [-0.3, -0.25) is 0 Å². The molecular weight excluding hydrogens is 222 g/mol. The summed E-state index contributed by atoms with van der Waals surface area (Å²) in [4.78, 5) is 0. The summed E-state index contributed by atoms with van der Waals surface area (Å²) >= 11 is 0. The predicted octanol–water partition coefficient (Wildman–Crippen LogP) is 2.25. The molecule has 16 heavy (non-hydrogen) atoms. The summed E-state index contributed by atoms with van der Waals surface area (Å²) in [6, 6.07) is 10.1. The van der Waals surface area contributed by atoms with Gasteiger partial charge in [0.2, 0.25) is 10.0 Å². The zero-order chi connectivity index (χ0) is 12.2. The van der Waals surface area contributed by atoms with E-state index in [0.717, 1.165) is 6.42 Å². The minimum atomic E-state index is -3.38. The summed E-state index contributed by atoms with van der Waals surface area (Å²) in [6.45, 7) is 3.76. The normalized spacial score (nSPS) is 15.7. The Hall–Kier alpha value is -0.870. The average Bonchev–Trinajstić information content (AvgIpc) is 2.25. The molecule has 0 spiro atoms. The highest BCUT2D eigenvalue weighted by atomic mass is 32.2. The second kappa shape index (κ2) is 5.46. The van der Waals surface area contributed by atoms with Crippen LogP contribution in [0.2, 0.25) is 0 Å². The van der Waals surface area contributed by atoms with Gasteiger partial charge in [-0.2, -0.15) is 0 Å². The summed E-state index contributed by atoms with van der Waals surface area (Å²) in [5.74, 6) is 0.366. The Bertz CT molecular complexity index is 414. The topological polar surface area (TPSA) is 60.2 Å². The molecule has 1 rings (SSSR count). The van der Waals surface area contributed by atoms with Crippen molar-refractivity contribution >= 4 is 10.0 Å². The summed E-state index contributed by atoms with van der Waals surface area (Å²) in [5, 5.41) is 4.62. The molecular formula is C12H19NO2S. The highest BCUT2D eigenvalue weighted by Crippen LogP contribution is 2.21. The summed E-state index contributed by atoms with van der Waals surface area (Å²) in [7, 11) is -3.38. The molecule has 0 bridgehead atoms. The number of benzene rings is 1. The van der Waals surface area contributed by atoms with Crippen molar-refractivity contribution in [2.45, 2.75) is 37.9 Å². The van der Waals surface area contributed by atoms with Gasteiger partial charge < -0.3 is 0 Å². The van der Waals surface area contributed by atoms with Crippen molar-refractivity contribution in [2.24, 2.45) is 5.14 Å². The van der Waals surface area contributed by atoms with Crippen molar-refractivity contribution in [1.82, 2.24) is 0 Å². The third-order valence-electron chi connectivity index (χ3n) is 2.94. The zero-order valence-corrected chi connectivity index (χ0v) is 10.6. The molecule has 0 saturated heterocycles. The van der Waals surface area contributed by atoms with Gasteiger partial charge in [0.25, 0.3) is 0 Å². The molecule has 3 nitrogen and oxygen atoms in total. The van der Waals surface area contributed by atoms with E-state index in [4.69, 9.17) is 5.14 Å². The average molecular weight is 241 g/mol. The maximum atomic E-state index is 11.1. The van der Waals surface area contributed by atoms with Gasteiger partial charge in [0.1, 0.15) is 0 Å². The van der Waals surface area contributed by atoms with E-state index in [9.17, 15) is 8.42 Å². The Morgan fingerprint density at radius 1 is 1.12 bits per heavy atom. The zero-order valence-electron chi connectivity index (χ0n) is 9.76. The van der Waals surface area contributed by atoms with E-state index in [1.165, 1.54) is 5.56 Å². The number of rotatable bonds is 5. The van der Waals surface area contributed by atoms with E-state index >= 15 is 0 Å². The SMILES string of the molecule is CC(CCC(C)S(N)(=O)=O)c1ccccc1. The number of sulfonamides is 1. The second-order valence-electron chi connectivity index (χ2n) is 4.29. The van der Waals surface area contributed by atoms with Crippen molar-refractivity contribution < 1.29 is 8.42 Å². The molecule has 0 heterocycles. The number of hydrogen-bond acceptors (Lipinski definition) is 2. The van der Waals surface area contributed by atoms with Crippen molar-refractivity contribution in [3.05, 3.63) is 35.9 Å². The lowest BCUT2D eigenvalue weighted by Gasteiger charge is -2.14. The molecule has 0 amide bonds. The van der Waals surface area contributed by atoms with Gasteiger partial charge in [-0.1, -0.05) is 37.3 Å². The predicted molar refractivity (Wildman–Crippen MR) is 66.7 cm³/mol. The largest absolute Gasteiger partial charge is 0.228 e. The van der Waals surface area contributed by atoms with E-state index in [-0.39, 0.29) is 0 Å².